The third-order valence-electron chi connectivity index (χ3n) is 2.74. The van der Waals surface area contributed by atoms with Crippen LogP contribution in [0.3, 0.4) is 0 Å². The monoisotopic (exact) mass is 285 g/mol. The van der Waals surface area contributed by atoms with Crippen LogP contribution in [0.2, 0.25) is 5.02 Å². The lowest BCUT2D eigenvalue weighted by molar-refractivity contribution is -0.145. The molecule has 0 radical (unpaired) electrons. The normalized spacial score (nSPS) is 13.9. The number of aliphatic hydroxyl groups is 1. The van der Waals surface area contributed by atoms with Crippen LogP contribution in [0.15, 0.2) is 24.3 Å². The predicted molar refractivity (Wildman–Crippen MR) is 75.1 cm³/mol. The van der Waals surface area contributed by atoms with Crippen molar-refractivity contribution >= 4 is 17.6 Å². The maximum absolute atomic E-state index is 11.2. The van der Waals surface area contributed by atoms with E-state index in [1.54, 1.807) is 6.92 Å². The molecule has 0 fully saturated rings. The molecule has 4 nitrogen and oxygen atoms in total. The Morgan fingerprint density at radius 2 is 2.16 bits per heavy atom. The third-order valence-corrected chi connectivity index (χ3v) is 3.08. The third kappa shape index (κ3) is 5.59. The summed E-state index contributed by atoms with van der Waals surface area (Å²) in [4.78, 5) is 11.2. The number of rotatable bonds is 7. The maximum atomic E-state index is 11.2. The highest BCUT2D eigenvalue weighted by molar-refractivity contribution is 6.31. The van der Waals surface area contributed by atoms with Gasteiger partial charge in [0.15, 0.2) is 0 Å². The number of aliphatic hydroxyl groups excluding tert-OH is 1. The van der Waals surface area contributed by atoms with E-state index < -0.39 is 6.10 Å². The second-order valence-corrected chi connectivity index (χ2v) is 4.72. The Hall–Kier alpha value is -1.10. The molecule has 0 saturated heterocycles. The second-order valence-electron chi connectivity index (χ2n) is 4.31. The Morgan fingerprint density at radius 1 is 1.47 bits per heavy atom. The number of hydrogen-bond donors (Lipinski definition) is 2. The van der Waals surface area contributed by atoms with Crippen molar-refractivity contribution in [2.75, 3.05) is 13.2 Å². The Morgan fingerprint density at radius 3 is 2.79 bits per heavy atom. The minimum Gasteiger partial charge on any atom is -0.466 e. The SMILES string of the molecule is CCOC(=O)CC(O)CN[C@H](C)c1ccccc1Cl. The summed E-state index contributed by atoms with van der Waals surface area (Å²) in [5, 5.41) is 13.5. The Labute approximate surface area is 118 Å². The molecule has 19 heavy (non-hydrogen) atoms. The van der Waals surface area contributed by atoms with E-state index in [-0.39, 0.29) is 18.4 Å². The molecule has 1 aromatic carbocycles. The van der Waals surface area contributed by atoms with Crippen molar-refractivity contribution in [1.29, 1.82) is 0 Å². The molecular weight excluding hydrogens is 266 g/mol. The summed E-state index contributed by atoms with van der Waals surface area (Å²) in [7, 11) is 0. The molecular formula is C14H20ClNO3. The summed E-state index contributed by atoms with van der Waals surface area (Å²) in [6.07, 6.45) is -0.764. The van der Waals surface area contributed by atoms with E-state index in [1.165, 1.54) is 0 Å². The zero-order valence-electron chi connectivity index (χ0n) is 11.2. The molecule has 0 amide bonds. The largest absolute Gasteiger partial charge is 0.466 e. The molecule has 2 N–H and O–H groups in total. The number of carbonyl (C=O) groups is 1. The number of nitrogens with one attached hydrogen (secondary N) is 1. The van der Waals surface area contributed by atoms with Crippen LogP contribution in [0.4, 0.5) is 0 Å². The fourth-order valence-corrected chi connectivity index (χ4v) is 2.03. The number of esters is 1. The quantitative estimate of drug-likeness (QED) is 0.755. The number of halogens is 1. The van der Waals surface area contributed by atoms with Crippen molar-refractivity contribution in [1.82, 2.24) is 5.32 Å². The zero-order chi connectivity index (χ0) is 14.3. The zero-order valence-corrected chi connectivity index (χ0v) is 12.0. The van der Waals surface area contributed by atoms with Crippen molar-refractivity contribution in [2.45, 2.75) is 32.4 Å². The van der Waals surface area contributed by atoms with Gasteiger partial charge in [-0.25, -0.2) is 0 Å². The van der Waals surface area contributed by atoms with E-state index in [9.17, 15) is 9.90 Å². The van der Waals surface area contributed by atoms with Crippen LogP contribution < -0.4 is 5.32 Å². The van der Waals surface area contributed by atoms with Crippen molar-refractivity contribution in [2.24, 2.45) is 0 Å². The highest BCUT2D eigenvalue weighted by Gasteiger charge is 2.14. The van der Waals surface area contributed by atoms with Crippen molar-refractivity contribution < 1.29 is 14.6 Å². The summed E-state index contributed by atoms with van der Waals surface area (Å²) in [6, 6.07) is 7.54. The number of carbonyl (C=O) groups excluding carboxylic acids is 1. The van der Waals surface area contributed by atoms with Gasteiger partial charge in [-0.1, -0.05) is 29.8 Å². The van der Waals surface area contributed by atoms with E-state index >= 15 is 0 Å². The van der Waals surface area contributed by atoms with Gasteiger partial charge in [0.05, 0.1) is 19.1 Å². The van der Waals surface area contributed by atoms with Gasteiger partial charge in [-0.3, -0.25) is 4.79 Å². The minimum atomic E-state index is -0.760. The molecule has 1 aromatic rings. The molecule has 0 spiro atoms. The van der Waals surface area contributed by atoms with Crippen LogP contribution in [-0.4, -0.2) is 30.3 Å². The highest BCUT2D eigenvalue weighted by Crippen LogP contribution is 2.21. The fourth-order valence-electron chi connectivity index (χ4n) is 1.73. The Bertz CT molecular complexity index is 411. The molecule has 0 aliphatic carbocycles. The standard InChI is InChI=1S/C14H20ClNO3/c1-3-19-14(18)8-11(17)9-16-10(2)12-6-4-5-7-13(12)15/h4-7,10-11,16-17H,3,8-9H2,1-2H3/t10-,11?/m1/s1. The lowest BCUT2D eigenvalue weighted by Gasteiger charge is -2.18. The van der Waals surface area contributed by atoms with Crippen molar-refractivity contribution in [3.63, 3.8) is 0 Å². The van der Waals surface area contributed by atoms with Crippen LogP contribution in [0, 0.1) is 0 Å². The smallest absolute Gasteiger partial charge is 0.308 e. The van der Waals surface area contributed by atoms with Gasteiger partial charge < -0.3 is 15.2 Å². The van der Waals surface area contributed by atoms with Gasteiger partial charge in [-0.2, -0.15) is 0 Å². The summed E-state index contributed by atoms with van der Waals surface area (Å²) in [5.41, 5.74) is 0.965. The number of benzene rings is 1. The van der Waals surface area contributed by atoms with Crippen LogP contribution in [-0.2, 0) is 9.53 Å². The molecule has 2 atom stereocenters. The first-order valence-electron chi connectivity index (χ1n) is 6.36. The number of hydrogen-bond acceptors (Lipinski definition) is 4. The van der Waals surface area contributed by atoms with Crippen LogP contribution >= 0.6 is 11.6 Å². The summed E-state index contributed by atoms with van der Waals surface area (Å²) >= 11 is 6.08. The summed E-state index contributed by atoms with van der Waals surface area (Å²) in [6.45, 7) is 4.33. The van der Waals surface area contributed by atoms with Crippen LogP contribution in [0.25, 0.3) is 0 Å². The Balaban J connectivity index is 2.40. The molecule has 0 aliphatic rings. The molecule has 0 heterocycles. The van der Waals surface area contributed by atoms with E-state index in [0.29, 0.717) is 18.2 Å². The second kappa shape index (κ2) is 8.15. The van der Waals surface area contributed by atoms with Crippen molar-refractivity contribution in [3.05, 3.63) is 34.9 Å². The van der Waals surface area contributed by atoms with E-state index in [1.807, 2.05) is 31.2 Å². The first-order valence-corrected chi connectivity index (χ1v) is 6.73. The van der Waals surface area contributed by atoms with Gasteiger partial charge in [0.25, 0.3) is 0 Å². The van der Waals surface area contributed by atoms with E-state index in [4.69, 9.17) is 16.3 Å². The fraction of sp³-hybridized carbons (Fsp3) is 0.500. The van der Waals surface area contributed by atoms with Gasteiger partial charge in [-0.15, -0.1) is 0 Å². The van der Waals surface area contributed by atoms with Gasteiger partial charge in [0.2, 0.25) is 0 Å². The van der Waals surface area contributed by atoms with E-state index in [2.05, 4.69) is 5.32 Å². The maximum Gasteiger partial charge on any atom is 0.308 e. The molecule has 0 aromatic heterocycles. The molecule has 1 rings (SSSR count). The predicted octanol–water partition coefficient (Wildman–Crippen LogP) is 2.30. The van der Waals surface area contributed by atoms with E-state index in [0.717, 1.165) is 5.56 Å². The Kier molecular flexibility index (Phi) is 6.84. The van der Waals surface area contributed by atoms with Crippen LogP contribution in [0.1, 0.15) is 31.9 Å². The van der Waals surface area contributed by atoms with Crippen molar-refractivity contribution in [3.8, 4) is 0 Å². The van der Waals surface area contributed by atoms with Gasteiger partial charge in [0, 0.05) is 17.6 Å². The minimum absolute atomic E-state index is 0.00389. The lowest BCUT2D eigenvalue weighted by atomic mass is 10.1. The summed E-state index contributed by atoms with van der Waals surface area (Å²) in [5.74, 6) is -0.387. The molecule has 5 heteroatoms. The summed E-state index contributed by atoms with van der Waals surface area (Å²) < 4.78 is 4.78. The lowest BCUT2D eigenvalue weighted by Crippen LogP contribution is -2.31. The molecule has 0 bridgehead atoms. The van der Waals surface area contributed by atoms with Gasteiger partial charge >= 0.3 is 5.97 Å². The topological polar surface area (TPSA) is 58.6 Å². The molecule has 106 valence electrons. The van der Waals surface area contributed by atoms with Gasteiger partial charge in [0.1, 0.15) is 0 Å². The molecule has 0 saturated carbocycles. The first kappa shape index (κ1) is 16.0. The van der Waals surface area contributed by atoms with Gasteiger partial charge in [-0.05, 0) is 25.5 Å². The average Bonchev–Trinajstić information content (AvgIpc) is 2.36. The molecule has 1 unspecified atom stereocenters. The highest BCUT2D eigenvalue weighted by atomic mass is 35.5. The van der Waals surface area contributed by atoms with Crippen LogP contribution in [0.5, 0.6) is 0 Å². The molecule has 0 aliphatic heterocycles. The first-order chi connectivity index (χ1) is 9.04. The number of ether oxygens (including phenoxy) is 1. The average molecular weight is 286 g/mol.